The van der Waals surface area contributed by atoms with Gasteiger partial charge in [-0.1, -0.05) is 36.4 Å². The van der Waals surface area contributed by atoms with Gasteiger partial charge in [-0.2, -0.15) is 0 Å². The third kappa shape index (κ3) is 8.81. The van der Waals surface area contributed by atoms with Crippen molar-refractivity contribution in [2.24, 2.45) is 17.6 Å². The molecule has 1 saturated carbocycles. The number of anilines is 1. The lowest BCUT2D eigenvalue weighted by Crippen LogP contribution is -2.48. The molecule has 7 N–H and O–H groups in total. The van der Waals surface area contributed by atoms with Crippen molar-refractivity contribution in [3.8, 4) is 22.6 Å². The number of aryl methyl sites for hydroxylation is 1. The lowest BCUT2D eigenvalue weighted by molar-refractivity contribution is -0.130. The number of piperidine rings is 1. The number of benzene rings is 3. The zero-order valence-electron chi connectivity index (χ0n) is 30.2. The summed E-state index contributed by atoms with van der Waals surface area (Å²) in [6.07, 6.45) is 7.28. The molecule has 2 aromatic heterocycles. The number of H-pyrrole nitrogens is 1. The second kappa shape index (κ2) is 16.5. The second-order valence-corrected chi connectivity index (χ2v) is 14.5. The van der Waals surface area contributed by atoms with Crippen LogP contribution in [0.1, 0.15) is 60.0 Å². The van der Waals surface area contributed by atoms with Crippen molar-refractivity contribution in [1.29, 1.82) is 0 Å². The zero-order chi connectivity index (χ0) is 36.7. The third-order valence-corrected chi connectivity index (χ3v) is 10.7. The molecule has 0 bridgehead atoms. The molecule has 0 spiro atoms. The maximum atomic E-state index is 13.9. The fourth-order valence-corrected chi connectivity index (χ4v) is 7.52. The summed E-state index contributed by atoms with van der Waals surface area (Å²) in [4.78, 5) is 52.8. The Morgan fingerprint density at radius 1 is 0.906 bits per heavy atom. The first-order valence-electron chi connectivity index (χ1n) is 18.8. The van der Waals surface area contributed by atoms with Crippen molar-refractivity contribution in [1.82, 2.24) is 30.9 Å². The maximum Gasteiger partial charge on any atom is 0.251 e. The summed E-state index contributed by atoms with van der Waals surface area (Å²) in [5.41, 5.74) is 13.4. The number of pyridine rings is 1. The third-order valence-electron chi connectivity index (χ3n) is 10.7. The molecule has 274 valence electrons. The summed E-state index contributed by atoms with van der Waals surface area (Å²) in [7, 11) is 0. The summed E-state index contributed by atoms with van der Waals surface area (Å²) >= 11 is 0. The van der Waals surface area contributed by atoms with Gasteiger partial charge in [0.25, 0.3) is 5.91 Å². The smallest absolute Gasteiger partial charge is 0.251 e. The number of rotatable bonds is 11. The van der Waals surface area contributed by atoms with Crippen LogP contribution in [-0.2, 0) is 16.0 Å². The Bertz CT molecular complexity index is 2050. The molecule has 1 saturated heterocycles. The van der Waals surface area contributed by atoms with Gasteiger partial charge in [-0.15, -0.1) is 0 Å². The fraction of sp³-hybridized carbons (Fsp3) is 0.357. The second-order valence-electron chi connectivity index (χ2n) is 14.5. The Balaban J connectivity index is 1.06. The van der Waals surface area contributed by atoms with Gasteiger partial charge in [0.05, 0.1) is 11.0 Å². The molecule has 2 aliphatic rings. The normalized spacial score (nSPS) is 18.3. The molecule has 2 fully saturated rings. The van der Waals surface area contributed by atoms with E-state index in [2.05, 4.69) is 36.2 Å². The van der Waals surface area contributed by atoms with E-state index in [-0.39, 0.29) is 29.7 Å². The predicted molar refractivity (Wildman–Crippen MR) is 208 cm³/mol. The number of carbonyl (C=O) groups is 3. The largest absolute Gasteiger partial charge is 0.349 e. The first kappa shape index (κ1) is 36.0. The summed E-state index contributed by atoms with van der Waals surface area (Å²) in [5, 5.41) is 12.6. The van der Waals surface area contributed by atoms with Crippen molar-refractivity contribution in [3.63, 3.8) is 0 Å². The van der Waals surface area contributed by atoms with E-state index in [0.29, 0.717) is 36.0 Å². The number of nitrogens with one attached hydrogen (secondary N) is 5. The summed E-state index contributed by atoms with van der Waals surface area (Å²) < 4.78 is 0. The average molecular weight is 713 g/mol. The van der Waals surface area contributed by atoms with Gasteiger partial charge in [-0.3, -0.25) is 19.4 Å². The van der Waals surface area contributed by atoms with Gasteiger partial charge in [-0.25, -0.2) is 4.98 Å². The molecule has 53 heavy (non-hydrogen) atoms. The van der Waals surface area contributed by atoms with E-state index >= 15 is 0 Å². The van der Waals surface area contributed by atoms with Crippen molar-refractivity contribution >= 4 is 34.4 Å². The molecule has 3 aromatic carbocycles. The monoisotopic (exact) mass is 712 g/mol. The van der Waals surface area contributed by atoms with E-state index in [0.717, 1.165) is 90.6 Å². The van der Waals surface area contributed by atoms with E-state index in [9.17, 15) is 14.4 Å². The number of amides is 3. The van der Waals surface area contributed by atoms with Gasteiger partial charge in [0.1, 0.15) is 11.7 Å². The number of nitrogens with zero attached hydrogens (tertiary/aromatic N) is 2. The number of aromatic amines is 1. The first-order valence-corrected chi connectivity index (χ1v) is 18.8. The maximum absolute atomic E-state index is 13.9. The van der Waals surface area contributed by atoms with Crippen LogP contribution in [0.15, 0.2) is 85.1 Å². The number of hydrogen-bond acceptors (Lipinski definition) is 7. The highest BCUT2D eigenvalue weighted by Crippen LogP contribution is 2.29. The molecule has 7 rings (SSSR count). The molecule has 5 aromatic rings. The van der Waals surface area contributed by atoms with Gasteiger partial charge in [-0.05, 0) is 136 Å². The number of carbonyl (C=O) groups excluding carboxylic acids is 3. The van der Waals surface area contributed by atoms with Crippen LogP contribution in [0.2, 0.25) is 0 Å². The van der Waals surface area contributed by atoms with Crippen LogP contribution in [0.5, 0.6) is 0 Å². The Morgan fingerprint density at radius 2 is 1.70 bits per heavy atom. The van der Waals surface area contributed by atoms with Crippen LogP contribution in [0.4, 0.5) is 5.69 Å². The van der Waals surface area contributed by atoms with Gasteiger partial charge in [0.2, 0.25) is 11.8 Å². The van der Waals surface area contributed by atoms with Crippen LogP contribution >= 0.6 is 0 Å². The number of aromatic nitrogens is 3. The number of fused-ring (bicyclic) bond motifs is 1. The van der Waals surface area contributed by atoms with Crippen molar-refractivity contribution in [2.45, 2.75) is 64.0 Å². The number of nitrogens with two attached hydrogens (primary N) is 1. The Hall–Kier alpha value is -5.39. The molecule has 1 aliphatic carbocycles. The number of imidazole rings is 1. The standard InChI is InChI=1S/C42H48N8O3/c1-26-22-31(41(52)46-32-17-20-44-21-18-32)13-15-34(26)29-9-5-27(6-10-29)23-38(50-40(51)30-11-7-28(25-43)8-12-30)42(53)47-33-14-16-35-37(24-33)49-39(48-35)36-4-2-3-19-45-36/h2-6,9-10,13-16,19,22,24,28,30,32,38,44H,7-8,11-12,17-18,20-21,23,25,43H2,1H3,(H,46,52)(H,47,53)(H,48,49)(H,50,51). The molecule has 3 amide bonds. The van der Waals surface area contributed by atoms with Crippen LogP contribution in [0, 0.1) is 18.8 Å². The minimum atomic E-state index is -0.790. The van der Waals surface area contributed by atoms with Crippen molar-refractivity contribution in [2.75, 3.05) is 25.0 Å². The molecule has 1 unspecified atom stereocenters. The van der Waals surface area contributed by atoms with Crippen molar-refractivity contribution in [3.05, 3.63) is 102 Å². The molecule has 11 nitrogen and oxygen atoms in total. The lowest BCUT2D eigenvalue weighted by atomic mass is 9.81. The Morgan fingerprint density at radius 3 is 2.42 bits per heavy atom. The van der Waals surface area contributed by atoms with Gasteiger partial charge in [0, 0.05) is 35.8 Å². The van der Waals surface area contributed by atoms with E-state index in [1.165, 1.54) is 0 Å². The van der Waals surface area contributed by atoms with Gasteiger partial charge in [0.15, 0.2) is 5.82 Å². The Labute approximate surface area is 310 Å². The highest BCUT2D eigenvalue weighted by atomic mass is 16.2. The van der Waals surface area contributed by atoms with E-state index in [4.69, 9.17) is 5.73 Å². The van der Waals surface area contributed by atoms with Crippen LogP contribution in [0.25, 0.3) is 33.7 Å². The SMILES string of the molecule is Cc1cc(C(=O)NC2CCNCC2)ccc1-c1ccc(CC(NC(=O)C2CCC(CN)CC2)C(=O)Nc2ccc3nc(-c4ccccn4)[nH]c3c2)cc1. The fourth-order valence-electron chi connectivity index (χ4n) is 7.52. The van der Waals surface area contributed by atoms with Crippen LogP contribution in [0.3, 0.4) is 0 Å². The predicted octanol–water partition coefficient (Wildman–Crippen LogP) is 5.51. The first-order chi connectivity index (χ1) is 25.8. The van der Waals surface area contributed by atoms with Crippen LogP contribution in [-0.4, -0.2) is 64.4 Å². The van der Waals surface area contributed by atoms with E-state index < -0.39 is 6.04 Å². The summed E-state index contributed by atoms with van der Waals surface area (Å²) in [6.45, 7) is 4.49. The minimum Gasteiger partial charge on any atom is -0.349 e. The lowest BCUT2D eigenvalue weighted by Gasteiger charge is -2.28. The molecule has 1 atom stereocenters. The molecule has 3 heterocycles. The average Bonchev–Trinajstić information content (AvgIpc) is 3.62. The van der Waals surface area contributed by atoms with Crippen molar-refractivity contribution < 1.29 is 14.4 Å². The summed E-state index contributed by atoms with van der Waals surface area (Å²) in [5.74, 6) is 0.515. The summed E-state index contributed by atoms with van der Waals surface area (Å²) in [6, 6.07) is 24.4. The molecule has 11 heteroatoms. The molecular weight excluding hydrogens is 665 g/mol. The minimum absolute atomic E-state index is 0.0422. The number of hydrogen-bond donors (Lipinski definition) is 6. The highest BCUT2D eigenvalue weighted by Gasteiger charge is 2.29. The van der Waals surface area contributed by atoms with Gasteiger partial charge >= 0.3 is 0 Å². The highest BCUT2D eigenvalue weighted by molar-refractivity contribution is 5.99. The molecule has 1 aliphatic heterocycles. The Kier molecular flexibility index (Phi) is 11.2. The quantitative estimate of drug-likeness (QED) is 0.105. The van der Waals surface area contributed by atoms with E-state index in [1.54, 1.807) is 6.20 Å². The topological polar surface area (TPSA) is 167 Å². The molecule has 0 radical (unpaired) electrons. The van der Waals surface area contributed by atoms with E-state index in [1.807, 2.05) is 85.8 Å². The molecular formula is C42H48N8O3. The zero-order valence-corrected chi connectivity index (χ0v) is 30.2. The van der Waals surface area contributed by atoms with Crippen LogP contribution < -0.4 is 27.0 Å². The van der Waals surface area contributed by atoms with Gasteiger partial charge < -0.3 is 32.0 Å².